The molecule has 2 fully saturated rings. The topological polar surface area (TPSA) is 49.8 Å². The fourth-order valence-electron chi connectivity index (χ4n) is 1.52. The summed E-state index contributed by atoms with van der Waals surface area (Å²) in [4.78, 5) is 13.0. The zero-order valence-corrected chi connectivity index (χ0v) is 6.19. The normalized spacial score (nSPS) is 36.5. The molecule has 0 radical (unpaired) electrons. The summed E-state index contributed by atoms with van der Waals surface area (Å²) in [6.07, 6.45) is 0.454. The van der Waals surface area contributed by atoms with Crippen molar-refractivity contribution in [3.05, 3.63) is 0 Å². The third kappa shape index (κ3) is 0.937. The molecule has 0 spiro atoms. The van der Waals surface area contributed by atoms with Crippen LogP contribution >= 0.6 is 0 Å². The minimum Gasteiger partial charge on any atom is -0.393 e. The number of ether oxygens (including phenoxy) is 1. The molecule has 2 unspecified atom stereocenters. The number of morpholine rings is 1. The fraction of sp³-hybridized carbons (Fsp3) is 0.857. The highest BCUT2D eigenvalue weighted by Crippen LogP contribution is 2.23. The third-order valence-corrected chi connectivity index (χ3v) is 2.36. The lowest BCUT2D eigenvalue weighted by Gasteiger charge is -2.46. The van der Waals surface area contributed by atoms with Crippen molar-refractivity contribution >= 4 is 5.91 Å². The van der Waals surface area contributed by atoms with Crippen LogP contribution in [0.2, 0.25) is 0 Å². The van der Waals surface area contributed by atoms with Crippen LogP contribution in [0.25, 0.3) is 0 Å². The van der Waals surface area contributed by atoms with Crippen LogP contribution in [0.4, 0.5) is 0 Å². The molecule has 1 amide bonds. The van der Waals surface area contributed by atoms with Crippen LogP contribution in [-0.4, -0.2) is 47.8 Å². The van der Waals surface area contributed by atoms with Gasteiger partial charge in [-0.15, -0.1) is 0 Å². The van der Waals surface area contributed by atoms with E-state index in [1.807, 2.05) is 0 Å². The molecule has 4 heteroatoms. The number of carbonyl (C=O) groups is 1. The van der Waals surface area contributed by atoms with Gasteiger partial charge in [-0.1, -0.05) is 0 Å². The molecule has 0 bridgehead atoms. The largest absolute Gasteiger partial charge is 0.393 e. The summed E-state index contributed by atoms with van der Waals surface area (Å²) >= 11 is 0. The van der Waals surface area contributed by atoms with E-state index in [1.54, 1.807) is 4.90 Å². The molecule has 2 aliphatic rings. The minimum atomic E-state index is -0.591. The first kappa shape index (κ1) is 7.06. The van der Waals surface area contributed by atoms with Gasteiger partial charge in [-0.05, 0) is 6.42 Å². The Bertz CT molecular complexity index is 177. The van der Waals surface area contributed by atoms with Gasteiger partial charge < -0.3 is 14.7 Å². The van der Waals surface area contributed by atoms with Gasteiger partial charge in [0.05, 0.1) is 19.3 Å². The van der Waals surface area contributed by atoms with Crippen molar-refractivity contribution in [2.45, 2.75) is 18.6 Å². The van der Waals surface area contributed by atoms with E-state index in [1.165, 1.54) is 0 Å². The van der Waals surface area contributed by atoms with Crippen LogP contribution in [0.3, 0.4) is 0 Å². The van der Waals surface area contributed by atoms with Gasteiger partial charge in [0.2, 0.25) is 0 Å². The van der Waals surface area contributed by atoms with Crippen LogP contribution in [-0.2, 0) is 9.53 Å². The molecule has 0 aromatic rings. The Kier molecular flexibility index (Phi) is 1.58. The maximum Gasteiger partial charge on any atom is 0.254 e. The molecule has 2 saturated heterocycles. The Balaban J connectivity index is 2.03. The number of hydrogen-bond donors (Lipinski definition) is 1. The van der Waals surface area contributed by atoms with E-state index in [0.29, 0.717) is 12.6 Å². The van der Waals surface area contributed by atoms with Crippen molar-refractivity contribution in [2.75, 3.05) is 19.8 Å². The lowest BCUT2D eigenvalue weighted by atomic mass is 10.0. The van der Waals surface area contributed by atoms with Crippen LogP contribution in [0.1, 0.15) is 6.42 Å². The lowest BCUT2D eigenvalue weighted by molar-refractivity contribution is -0.173. The number of amides is 1. The van der Waals surface area contributed by atoms with Crippen LogP contribution in [0.15, 0.2) is 0 Å². The highest BCUT2D eigenvalue weighted by molar-refractivity contribution is 5.82. The molecule has 62 valence electrons. The van der Waals surface area contributed by atoms with E-state index in [0.717, 1.165) is 13.0 Å². The van der Waals surface area contributed by atoms with Gasteiger partial charge in [0, 0.05) is 6.54 Å². The Hall–Kier alpha value is -0.610. The molecule has 11 heavy (non-hydrogen) atoms. The van der Waals surface area contributed by atoms with Crippen molar-refractivity contribution in [1.82, 2.24) is 4.90 Å². The highest BCUT2D eigenvalue weighted by Gasteiger charge is 2.40. The zero-order valence-electron chi connectivity index (χ0n) is 6.19. The van der Waals surface area contributed by atoms with Gasteiger partial charge in [0.25, 0.3) is 5.91 Å². The van der Waals surface area contributed by atoms with Gasteiger partial charge in [0.1, 0.15) is 0 Å². The average Bonchev–Trinajstić information content (AvgIpc) is 1.93. The molecule has 2 heterocycles. The van der Waals surface area contributed by atoms with Gasteiger partial charge in [-0.3, -0.25) is 4.79 Å². The lowest BCUT2D eigenvalue weighted by Crippen LogP contribution is -2.61. The molecular weight excluding hydrogens is 146 g/mol. The highest BCUT2D eigenvalue weighted by atomic mass is 16.5. The third-order valence-electron chi connectivity index (χ3n) is 2.36. The first-order valence-electron chi connectivity index (χ1n) is 3.86. The van der Waals surface area contributed by atoms with Crippen molar-refractivity contribution in [2.24, 2.45) is 0 Å². The number of rotatable bonds is 1. The maximum absolute atomic E-state index is 11.3. The van der Waals surface area contributed by atoms with E-state index in [9.17, 15) is 4.79 Å². The van der Waals surface area contributed by atoms with Crippen molar-refractivity contribution in [3.63, 3.8) is 0 Å². The summed E-state index contributed by atoms with van der Waals surface area (Å²) in [6, 6.07) is 0.297. The Labute approximate surface area is 64.7 Å². The van der Waals surface area contributed by atoms with Crippen molar-refractivity contribution in [1.29, 1.82) is 0 Å². The predicted molar refractivity (Wildman–Crippen MR) is 36.9 cm³/mol. The van der Waals surface area contributed by atoms with Gasteiger partial charge >= 0.3 is 0 Å². The number of hydrogen-bond acceptors (Lipinski definition) is 3. The number of aliphatic hydroxyl groups is 1. The zero-order chi connectivity index (χ0) is 7.84. The first-order valence-corrected chi connectivity index (χ1v) is 3.86. The minimum absolute atomic E-state index is 0.0463. The maximum atomic E-state index is 11.3. The average molecular weight is 157 g/mol. The molecule has 4 nitrogen and oxygen atoms in total. The Morgan fingerprint density at radius 2 is 2.55 bits per heavy atom. The Morgan fingerprint density at radius 3 is 3.09 bits per heavy atom. The summed E-state index contributed by atoms with van der Waals surface area (Å²) in [7, 11) is 0. The van der Waals surface area contributed by atoms with Crippen LogP contribution < -0.4 is 0 Å². The van der Waals surface area contributed by atoms with Gasteiger partial charge in [-0.2, -0.15) is 0 Å². The molecule has 2 aliphatic heterocycles. The van der Waals surface area contributed by atoms with Gasteiger partial charge in [0.15, 0.2) is 6.10 Å². The van der Waals surface area contributed by atoms with E-state index >= 15 is 0 Å². The predicted octanol–water partition coefficient (Wildman–Crippen LogP) is -1.02. The molecule has 1 N–H and O–H groups in total. The molecule has 2 atom stereocenters. The summed E-state index contributed by atoms with van der Waals surface area (Å²) in [5.41, 5.74) is 0. The summed E-state index contributed by atoms with van der Waals surface area (Å²) in [5.74, 6) is -0.0463. The first-order chi connectivity index (χ1) is 5.33. The van der Waals surface area contributed by atoms with E-state index in [2.05, 4.69) is 0 Å². The van der Waals surface area contributed by atoms with Crippen LogP contribution in [0.5, 0.6) is 0 Å². The second kappa shape index (κ2) is 2.46. The van der Waals surface area contributed by atoms with Crippen molar-refractivity contribution in [3.8, 4) is 0 Å². The van der Waals surface area contributed by atoms with E-state index in [4.69, 9.17) is 9.84 Å². The molecule has 0 saturated carbocycles. The molecule has 0 aliphatic carbocycles. The smallest absolute Gasteiger partial charge is 0.254 e. The van der Waals surface area contributed by atoms with Gasteiger partial charge in [-0.25, -0.2) is 0 Å². The summed E-state index contributed by atoms with van der Waals surface area (Å²) in [5, 5.41) is 8.72. The van der Waals surface area contributed by atoms with E-state index < -0.39 is 6.10 Å². The standard InChI is InChI=1S/C7H11NO3/c9-3-6-7(10)8-2-1-5(8)4-11-6/h5-6,9H,1-4H2. The van der Waals surface area contributed by atoms with E-state index in [-0.39, 0.29) is 12.5 Å². The summed E-state index contributed by atoms with van der Waals surface area (Å²) in [6.45, 7) is 1.24. The number of fused-ring (bicyclic) bond motifs is 1. The monoisotopic (exact) mass is 157 g/mol. The van der Waals surface area contributed by atoms with Crippen molar-refractivity contribution < 1.29 is 14.6 Å². The molecular formula is C7H11NO3. The fourth-order valence-corrected chi connectivity index (χ4v) is 1.52. The molecule has 0 aromatic carbocycles. The Morgan fingerprint density at radius 1 is 1.73 bits per heavy atom. The summed E-state index contributed by atoms with van der Waals surface area (Å²) < 4.78 is 5.13. The number of carbonyl (C=O) groups excluding carboxylic acids is 1. The quantitative estimate of drug-likeness (QED) is 0.530. The molecule has 0 aromatic heterocycles. The number of nitrogens with zero attached hydrogens (tertiary/aromatic N) is 1. The number of aliphatic hydroxyl groups excluding tert-OH is 1. The second-order valence-corrected chi connectivity index (χ2v) is 2.98. The second-order valence-electron chi connectivity index (χ2n) is 2.98. The van der Waals surface area contributed by atoms with Crippen LogP contribution in [0, 0.1) is 0 Å². The molecule has 2 rings (SSSR count). The SMILES string of the molecule is O=C1C(CO)OCC2CCN12.